The van der Waals surface area contributed by atoms with Crippen LogP contribution in [0.5, 0.6) is 0 Å². The van der Waals surface area contributed by atoms with Crippen LogP contribution in [0.15, 0.2) is 52.9 Å². The molecule has 2 heterocycles. The van der Waals surface area contributed by atoms with Crippen molar-refractivity contribution in [2.45, 2.75) is 23.6 Å². The Morgan fingerprint density at radius 2 is 1.67 bits per heavy atom. The molecule has 0 bridgehead atoms. The summed E-state index contributed by atoms with van der Waals surface area (Å²) in [5.41, 5.74) is 1.01. The fourth-order valence-corrected chi connectivity index (χ4v) is 5.51. The van der Waals surface area contributed by atoms with Crippen molar-refractivity contribution in [3.05, 3.63) is 64.7 Å². The van der Waals surface area contributed by atoms with Crippen LogP contribution in [-0.2, 0) is 10.0 Å². The summed E-state index contributed by atoms with van der Waals surface area (Å²) in [4.78, 5) is 26.7. The number of anilines is 2. The monoisotopic (exact) mass is 505 g/mol. The Kier molecular flexibility index (Phi) is 6.91. The van der Waals surface area contributed by atoms with Crippen LogP contribution in [0, 0.1) is 0 Å². The summed E-state index contributed by atoms with van der Waals surface area (Å²) in [6, 6.07) is 12.7. The fourth-order valence-electron chi connectivity index (χ4n) is 3.34. The molecule has 4 rings (SSSR count). The molecule has 2 N–H and O–H groups in total. The zero-order valence-electron chi connectivity index (χ0n) is 17.3. The number of hydrogen-bond donors (Lipinski definition) is 2. The highest BCUT2D eigenvalue weighted by Crippen LogP contribution is 2.24. The minimum absolute atomic E-state index is 0.0165. The van der Waals surface area contributed by atoms with E-state index in [0.717, 1.165) is 32.4 Å². The van der Waals surface area contributed by atoms with E-state index in [4.69, 9.17) is 11.6 Å². The van der Waals surface area contributed by atoms with Crippen LogP contribution in [0.2, 0.25) is 5.02 Å². The SMILES string of the molecule is O=C(Nc1nnc(S(=O)(=O)Nc2ccc(C(=O)N3CCCCC3)cc2)s1)c1ccccc1Cl. The molecule has 0 spiro atoms. The first-order chi connectivity index (χ1) is 15.8. The predicted molar refractivity (Wildman–Crippen MR) is 126 cm³/mol. The topological polar surface area (TPSA) is 121 Å². The van der Waals surface area contributed by atoms with Gasteiger partial charge in [-0.25, -0.2) is 0 Å². The Hall–Kier alpha value is -3.02. The van der Waals surface area contributed by atoms with Crippen molar-refractivity contribution in [1.82, 2.24) is 15.1 Å². The van der Waals surface area contributed by atoms with Crippen molar-refractivity contribution in [1.29, 1.82) is 0 Å². The molecule has 1 aliphatic rings. The first kappa shape index (κ1) is 23.1. The van der Waals surface area contributed by atoms with E-state index in [0.29, 0.717) is 16.9 Å². The molecule has 1 aliphatic heterocycles. The molecule has 2 amide bonds. The van der Waals surface area contributed by atoms with Gasteiger partial charge >= 0.3 is 0 Å². The number of carbonyl (C=O) groups excluding carboxylic acids is 2. The van der Waals surface area contributed by atoms with Gasteiger partial charge in [0.25, 0.3) is 26.2 Å². The van der Waals surface area contributed by atoms with E-state index in [1.54, 1.807) is 30.3 Å². The fraction of sp³-hybridized carbons (Fsp3) is 0.238. The van der Waals surface area contributed by atoms with Gasteiger partial charge in [-0.05, 0) is 55.7 Å². The quantitative estimate of drug-likeness (QED) is 0.490. The summed E-state index contributed by atoms with van der Waals surface area (Å²) in [5, 5.41) is 10.2. The lowest BCUT2D eigenvalue weighted by Crippen LogP contribution is -2.35. The Labute approximate surface area is 199 Å². The van der Waals surface area contributed by atoms with Crippen LogP contribution in [0.25, 0.3) is 0 Å². The maximum absolute atomic E-state index is 12.7. The maximum atomic E-state index is 12.7. The van der Waals surface area contributed by atoms with Gasteiger partial charge in [0, 0.05) is 24.3 Å². The molecule has 2 aromatic carbocycles. The molecule has 12 heteroatoms. The number of halogens is 1. The molecular weight excluding hydrogens is 486 g/mol. The van der Waals surface area contributed by atoms with Crippen molar-refractivity contribution in [3.8, 4) is 0 Å². The molecule has 1 fully saturated rings. The largest absolute Gasteiger partial charge is 0.339 e. The number of nitrogens with one attached hydrogen (secondary N) is 2. The molecule has 1 aromatic heterocycles. The standard InChI is InChI=1S/C21H20ClN5O4S2/c22-17-7-3-2-6-16(17)18(28)23-20-24-25-21(32-20)33(30,31)26-15-10-8-14(9-11-15)19(29)27-12-4-1-5-13-27/h2-3,6-11,26H,1,4-5,12-13H2,(H,23,24,28). The van der Waals surface area contributed by atoms with Crippen LogP contribution in [-0.4, -0.2) is 48.4 Å². The highest BCUT2D eigenvalue weighted by atomic mass is 35.5. The van der Waals surface area contributed by atoms with Crippen molar-refractivity contribution in [2.75, 3.05) is 23.1 Å². The number of carbonyl (C=O) groups is 2. The zero-order valence-corrected chi connectivity index (χ0v) is 19.7. The number of amides is 2. The van der Waals surface area contributed by atoms with E-state index >= 15 is 0 Å². The van der Waals surface area contributed by atoms with Crippen LogP contribution < -0.4 is 10.0 Å². The highest BCUT2D eigenvalue weighted by Gasteiger charge is 2.23. The lowest BCUT2D eigenvalue weighted by Gasteiger charge is -2.26. The predicted octanol–water partition coefficient (Wildman–Crippen LogP) is 3.87. The molecule has 3 aromatic rings. The lowest BCUT2D eigenvalue weighted by atomic mass is 10.1. The summed E-state index contributed by atoms with van der Waals surface area (Å²) in [5.74, 6) is -0.588. The van der Waals surface area contributed by atoms with E-state index in [1.165, 1.54) is 18.2 Å². The number of aromatic nitrogens is 2. The number of rotatable bonds is 6. The second kappa shape index (κ2) is 9.86. The second-order valence-corrected chi connectivity index (χ2v) is 10.6. The number of piperidine rings is 1. The van der Waals surface area contributed by atoms with E-state index in [2.05, 4.69) is 20.2 Å². The van der Waals surface area contributed by atoms with Gasteiger partial charge < -0.3 is 4.90 Å². The minimum Gasteiger partial charge on any atom is -0.339 e. The first-order valence-corrected chi connectivity index (χ1v) is 12.8. The summed E-state index contributed by atoms with van der Waals surface area (Å²) >= 11 is 6.71. The summed E-state index contributed by atoms with van der Waals surface area (Å²) in [6.45, 7) is 1.47. The third kappa shape index (κ3) is 5.49. The molecule has 0 radical (unpaired) electrons. The number of sulfonamides is 1. The van der Waals surface area contributed by atoms with Crippen LogP contribution in [0.4, 0.5) is 10.8 Å². The molecule has 0 aliphatic carbocycles. The van der Waals surface area contributed by atoms with E-state index in [9.17, 15) is 18.0 Å². The molecule has 0 atom stereocenters. The zero-order chi connectivity index (χ0) is 23.4. The van der Waals surface area contributed by atoms with Gasteiger partial charge in [-0.15, -0.1) is 10.2 Å². The number of nitrogens with zero attached hydrogens (tertiary/aromatic N) is 3. The molecule has 172 valence electrons. The third-order valence-electron chi connectivity index (χ3n) is 5.00. The second-order valence-electron chi connectivity index (χ2n) is 7.34. The van der Waals surface area contributed by atoms with E-state index < -0.39 is 15.9 Å². The lowest BCUT2D eigenvalue weighted by molar-refractivity contribution is 0.0724. The van der Waals surface area contributed by atoms with Crippen molar-refractivity contribution < 1.29 is 18.0 Å². The summed E-state index contributed by atoms with van der Waals surface area (Å²) < 4.78 is 27.5. The first-order valence-electron chi connectivity index (χ1n) is 10.1. The Morgan fingerprint density at radius 1 is 0.970 bits per heavy atom. The molecular formula is C21H20ClN5O4S2. The average Bonchev–Trinajstić information content (AvgIpc) is 3.29. The van der Waals surface area contributed by atoms with Gasteiger partial charge in [0.05, 0.1) is 10.6 Å². The van der Waals surface area contributed by atoms with Crippen molar-refractivity contribution in [2.24, 2.45) is 0 Å². The van der Waals surface area contributed by atoms with E-state index in [-0.39, 0.29) is 31.7 Å². The number of hydrogen-bond acceptors (Lipinski definition) is 7. The molecule has 9 nitrogen and oxygen atoms in total. The van der Waals surface area contributed by atoms with Gasteiger partial charge in [0.2, 0.25) is 5.13 Å². The van der Waals surface area contributed by atoms with Gasteiger partial charge in [0.15, 0.2) is 0 Å². The summed E-state index contributed by atoms with van der Waals surface area (Å²) in [7, 11) is -4.03. The number of likely N-dealkylation sites (tertiary alicyclic amines) is 1. The molecule has 0 unspecified atom stereocenters. The molecule has 33 heavy (non-hydrogen) atoms. The minimum atomic E-state index is -4.03. The highest BCUT2D eigenvalue weighted by molar-refractivity contribution is 7.94. The van der Waals surface area contributed by atoms with Crippen LogP contribution >= 0.6 is 22.9 Å². The van der Waals surface area contributed by atoms with Gasteiger partial charge in [-0.2, -0.15) is 8.42 Å². The Balaban J connectivity index is 1.42. The Morgan fingerprint density at radius 3 is 2.36 bits per heavy atom. The number of benzene rings is 2. The molecule has 0 saturated carbocycles. The summed E-state index contributed by atoms with van der Waals surface area (Å²) in [6.07, 6.45) is 3.11. The molecule has 1 saturated heterocycles. The van der Waals surface area contributed by atoms with Crippen LogP contribution in [0.3, 0.4) is 0 Å². The van der Waals surface area contributed by atoms with Crippen molar-refractivity contribution in [3.63, 3.8) is 0 Å². The van der Waals surface area contributed by atoms with Gasteiger partial charge in [-0.1, -0.05) is 35.1 Å². The average molecular weight is 506 g/mol. The van der Waals surface area contributed by atoms with Gasteiger partial charge in [0.1, 0.15) is 0 Å². The van der Waals surface area contributed by atoms with E-state index in [1.807, 2.05) is 4.90 Å². The Bertz CT molecular complexity index is 1270. The third-order valence-corrected chi connectivity index (χ3v) is 7.92. The smallest absolute Gasteiger partial charge is 0.291 e. The van der Waals surface area contributed by atoms with Gasteiger partial charge in [-0.3, -0.25) is 19.6 Å². The van der Waals surface area contributed by atoms with Crippen molar-refractivity contribution >= 4 is 55.6 Å². The normalized spacial score (nSPS) is 14.0. The maximum Gasteiger partial charge on any atom is 0.291 e. The van der Waals surface area contributed by atoms with Crippen LogP contribution in [0.1, 0.15) is 40.0 Å².